The molecule has 0 aromatic rings. The third-order valence-corrected chi connectivity index (χ3v) is 14.3. The van der Waals surface area contributed by atoms with E-state index in [1.165, 1.54) is 263 Å². The molecule has 0 bridgehead atoms. The van der Waals surface area contributed by atoms with Crippen LogP contribution in [0.1, 0.15) is 297 Å². The molecule has 0 fully saturated rings. The van der Waals surface area contributed by atoms with Gasteiger partial charge in [0.1, 0.15) is 0 Å². The molecule has 0 unspecified atom stereocenters. The van der Waals surface area contributed by atoms with Crippen molar-refractivity contribution in [3.63, 3.8) is 0 Å². The summed E-state index contributed by atoms with van der Waals surface area (Å²) in [4.78, 5) is 4.47. The second-order valence-electron chi connectivity index (χ2n) is 22.0. The number of unbranched alkanes of at least 4 members (excludes halogenated alkanes) is 35. The van der Waals surface area contributed by atoms with E-state index in [0.29, 0.717) is 12.1 Å². The maximum Gasteiger partial charge on any atom is 0.0644 e. The summed E-state index contributed by atoms with van der Waals surface area (Å²) in [6, 6.07) is 0.742. The number of allylic oxidation sites excluding steroid dienone is 6. The molecule has 0 aliphatic rings. The fraction of sp³-hybridized carbons (Fsp3) is 0.909. The number of ether oxygens (including phenoxy) is 4. The Morgan fingerprint density at radius 1 is 0.250 bits per heavy atom. The number of nitrogens with zero attached hydrogens (tertiary/aromatic N) is 2. The molecule has 0 rings (SSSR count). The molecule has 0 aliphatic carbocycles. The lowest BCUT2D eigenvalue weighted by Crippen LogP contribution is -2.37. The average molecular weight is 1020 g/mol. The highest BCUT2D eigenvalue weighted by molar-refractivity contribution is 4.92. The molecule has 0 spiro atoms. The van der Waals surface area contributed by atoms with E-state index in [0.717, 1.165) is 59.3 Å². The summed E-state index contributed by atoms with van der Waals surface area (Å²) in [5, 5.41) is 0. The lowest BCUT2D eigenvalue weighted by molar-refractivity contribution is 0.0197. The standard InChI is InChI=1S/C33H67NO2.C33H65NO2/c2*1-5-7-9-11-12-13-14-15-16-17-18-19-20-21-22-23-24-25-26-28-30-36-32-33(34(3)4)31-35-29-27-10-8-6-2/h15-16,33H,5-14,17-32H2,1-4H3;12-13,15-16,33H,5-11,14,17-32H2,1-4H3/b16-15-;13-12-,16-15-/t2*33-/m00/s1. The highest BCUT2D eigenvalue weighted by Crippen LogP contribution is 2.15. The van der Waals surface area contributed by atoms with Crippen LogP contribution in [0.3, 0.4) is 0 Å². The number of hydrogen-bond donors (Lipinski definition) is 0. The molecule has 0 saturated carbocycles. The molecule has 0 amide bonds. The van der Waals surface area contributed by atoms with Crippen LogP contribution < -0.4 is 0 Å². The zero-order valence-corrected chi connectivity index (χ0v) is 50.5. The molecule has 0 heterocycles. The Hall–Kier alpha value is -1.02. The predicted octanol–water partition coefficient (Wildman–Crippen LogP) is 20.0. The van der Waals surface area contributed by atoms with E-state index in [9.17, 15) is 0 Å². The Kier molecular flexibility index (Phi) is 67.1. The first-order valence-corrected chi connectivity index (χ1v) is 32.0. The Balaban J connectivity index is 0. The number of likely N-dealkylation sites (N-methyl/N-ethyl adjacent to an activating group) is 2. The van der Waals surface area contributed by atoms with Crippen molar-refractivity contribution in [2.24, 2.45) is 0 Å². The van der Waals surface area contributed by atoms with Crippen LogP contribution in [0.15, 0.2) is 36.5 Å². The van der Waals surface area contributed by atoms with Gasteiger partial charge in [-0.3, -0.25) is 0 Å². The molecule has 0 N–H and O–H groups in total. The van der Waals surface area contributed by atoms with Crippen molar-refractivity contribution in [1.82, 2.24) is 9.80 Å². The van der Waals surface area contributed by atoms with Gasteiger partial charge < -0.3 is 28.7 Å². The third kappa shape index (κ3) is 63.3. The van der Waals surface area contributed by atoms with Gasteiger partial charge in [-0.05, 0) is 112 Å². The number of rotatable bonds is 59. The largest absolute Gasteiger partial charge is 0.380 e. The summed E-state index contributed by atoms with van der Waals surface area (Å²) < 4.78 is 23.7. The van der Waals surface area contributed by atoms with Crippen molar-refractivity contribution >= 4 is 0 Å². The van der Waals surface area contributed by atoms with Gasteiger partial charge in [0.05, 0.1) is 38.5 Å². The van der Waals surface area contributed by atoms with Crippen LogP contribution in [-0.4, -0.2) is 103 Å². The molecule has 0 aromatic heterocycles. The molecule has 2 atom stereocenters. The summed E-state index contributed by atoms with van der Waals surface area (Å²) in [5.74, 6) is 0. The molecule has 72 heavy (non-hydrogen) atoms. The number of hydrogen-bond acceptors (Lipinski definition) is 6. The first-order valence-electron chi connectivity index (χ1n) is 32.0. The maximum atomic E-state index is 5.96. The van der Waals surface area contributed by atoms with Gasteiger partial charge in [-0.25, -0.2) is 0 Å². The van der Waals surface area contributed by atoms with Gasteiger partial charge in [-0.2, -0.15) is 0 Å². The minimum absolute atomic E-state index is 0.370. The van der Waals surface area contributed by atoms with Crippen molar-refractivity contribution in [2.45, 2.75) is 309 Å². The van der Waals surface area contributed by atoms with E-state index in [2.05, 4.69) is 102 Å². The quantitative estimate of drug-likeness (QED) is 0.0447. The minimum atomic E-state index is 0.370. The average Bonchev–Trinajstić information content (AvgIpc) is 3.37. The van der Waals surface area contributed by atoms with Gasteiger partial charge >= 0.3 is 0 Å². The summed E-state index contributed by atoms with van der Waals surface area (Å²) in [6.45, 7) is 15.8. The van der Waals surface area contributed by atoms with Crippen LogP contribution in [0, 0.1) is 0 Å². The van der Waals surface area contributed by atoms with E-state index in [1.807, 2.05) is 0 Å². The van der Waals surface area contributed by atoms with Gasteiger partial charge in [-0.1, -0.05) is 250 Å². The van der Waals surface area contributed by atoms with Crippen LogP contribution in [-0.2, 0) is 18.9 Å². The molecule has 6 heteroatoms. The van der Waals surface area contributed by atoms with Gasteiger partial charge in [0, 0.05) is 26.4 Å². The Labute approximate surface area is 453 Å². The maximum absolute atomic E-state index is 5.96. The van der Waals surface area contributed by atoms with Crippen molar-refractivity contribution in [2.75, 3.05) is 81.0 Å². The van der Waals surface area contributed by atoms with Crippen LogP contribution in [0.25, 0.3) is 0 Å². The van der Waals surface area contributed by atoms with Crippen LogP contribution in [0.2, 0.25) is 0 Å². The lowest BCUT2D eigenvalue weighted by Gasteiger charge is -2.24. The van der Waals surface area contributed by atoms with Crippen molar-refractivity contribution in [1.29, 1.82) is 0 Å². The van der Waals surface area contributed by atoms with Crippen molar-refractivity contribution < 1.29 is 18.9 Å². The first-order chi connectivity index (χ1) is 35.4. The summed E-state index contributed by atoms with van der Waals surface area (Å²) in [5.41, 5.74) is 0. The van der Waals surface area contributed by atoms with E-state index < -0.39 is 0 Å². The molecular weight excluding hydrogens is 885 g/mol. The Morgan fingerprint density at radius 2 is 0.444 bits per heavy atom. The summed E-state index contributed by atoms with van der Waals surface area (Å²) in [7, 11) is 8.51. The van der Waals surface area contributed by atoms with E-state index in [-0.39, 0.29) is 0 Å². The van der Waals surface area contributed by atoms with Gasteiger partial charge in [0.2, 0.25) is 0 Å². The zero-order chi connectivity index (χ0) is 52.7. The van der Waals surface area contributed by atoms with Crippen molar-refractivity contribution in [3.8, 4) is 0 Å². The SMILES string of the molecule is CCCCC/C=C\C/C=C\CCCCCCCCCCCCOC[C@H](COCCCCCC)N(C)C.CCCCCCCC/C=C\CCCCCCCCCCCCOC[C@H](COCCCCCC)N(C)C. The molecule has 0 aromatic carbocycles. The second-order valence-corrected chi connectivity index (χ2v) is 22.0. The molecule has 430 valence electrons. The van der Waals surface area contributed by atoms with E-state index in [4.69, 9.17) is 18.9 Å². The van der Waals surface area contributed by atoms with Gasteiger partial charge in [0.25, 0.3) is 0 Å². The molecule has 0 radical (unpaired) electrons. The molecule has 6 nitrogen and oxygen atoms in total. The van der Waals surface area contributed by atoms with Crippen LogP contribution >= 0.6 is 0 Å². The summed E-state index contributed by atoms with van der Waals surface area (Å²) in [6.07, 6.45) is 70.5. The second kappa shape index (κ2) is 66.1. The topological polar surface area (TPSA) is 43.4 Å². The lowest BCUT2D eigenvalue weighted by atomic mass is 10.1. The highest BCUT2D eigenvalue weighted by atomic mass is 16.5. The Bertz CT molecular complexity index is 1050. The van der Waals surface area contributed by atoms with Crippen molar-refractivity contribution in [3.05, 3.63) is 36.5 Å². The van der Waals surface area contributed by atoms with E-state index in [1.54, 1.807) is 0 Å². The highest BCUT2D eigenvalue weighted by Gasteiger charge is 2.13. The molecule has 0 aliphatic heterocycles. The predicted molar refractivity (Wildman–Crippen MR) is 322 cm³/mol. The fourth-order valence-electron chi connectivity index (χ4n) is 8.89. The zero-order valence-electron chi connectivity index (χ0n) is 50.5. The smallest absolute Gasteiger partial charge is 0.0644 e. The van der Waals surface area contributed by atoms with E-state index >= 15 is 0 Å². The molecule has 0 saturated heterocycles. The first kappa shape index (κ1) is 73.1. The van der Waals surface area contributed by atoms with Crippen LogP contribution in [0.4, 0.5) is 0 Å². The Morgan fingerprint density at radius 3 is 0.708 bits per heavy atom. The fourth-order valence-corrected chi connectivity index (χ4v) is 8.89. The molecular formula is C66H132N2O4. The monoisotopic (exact) mass is 1020 g/mol. The normalized spacial score (nSPS) is 12.9. The third-order valence-electron chi connectivity index (χ3n) is 14.3. The minimum Gasteiger partial charge on any atom is -0.380 e. The van der Waals surface area contributed by atoms with Gasteiger partial charge in [-0.15, -0.1) is 0 Å². The van der Waals surface area contributed by atoms with Crippen LogP contribution in [0.5, 0.6) is 0 Å². The summed E-state index contributed by atoms with van der Waals surface area (Å²) >= 11 is 0. The van der Waals surface area contributed by atoms with Gasteiger partial charge in [0.15, 0.2) is 0 Å².